The first-order valence-electron chi connectivity index (χ1n) is 6.25. The Morgan fingerprint density at radius 3 is 2.48 bits per heavy atom. The van der Waals surface area contributed by atoms with Crippen molar-refractivity contribution in [3.05, 3.63) is 47.1 Å². The number of ether oxygens (including phenoxy) is 2. The van der Waals surface area contributed by atoms with Gasteiger partial charge in [-0.05, 0) is 44.2 Å². The molecule has 1 aromatic carbocycles. The second-order valence-corrected chi connectivity index (χ2v) is 4.88. The van der Waals surface area contributed by atoms with Crippen molar-refractivity contribution in [1.82, 2.24) is 4.98 Å². The summed E-state index contributed by atoms with van der Waals surface area (Å²) in [5, 5.41) is 9.32. The number of halogens is 1. The fourth-order valence-corrected chi connectivity index (χ4v) is 1.80. The quantitative estimate of drug-likeness (QED) is 0.912. The van der Waals surface area contributed by atoms with Gasteiger partial charge in [-0.1, -0.05) is 11.6 Å². The molecule has 2 rings (SSSR count). The van der Waals surface area contributed by atoms with Gasteiger partial charge in [0.25, 0.3) is 0 Å². The van der Waals surface area contributed by atoms with Crippen LogP contribution in [0.3, 0.4) is 0 Å². The number of carboxylic acid groups (broad SMARTS) is 1. The number of aliphatic carboxylic acids is 1. The molecule has 2 aromatic rings. The van der Waals surface area contributed by atoms with Crippen LogP contribution in [-0.2, 0) is 4.79 Å². The van der Waals surface area contributed by atoms with E-state index in [1.165, 1.54) is 13.1 Å². The number of pyridine rings is 1. The Hall–Kier alpha value is -2.27. The van der Waals surface area contributed by atoms with Crippen LogP contribution in [0.4, 0.5) is 0 Å². The van der Waals surface area contributed by atoms with Gasteiger partial charge in [0, 0.05) is 11.8 Å². The van der Waals surface area contributed by atoms with Crippen molar-refractivity contribution in [2.75, 3.05) is 0 Å². The molecule has 21 heavy (non-hydrogen) atoms. The van der Waals surface area contributed by atoms with Gasteiger partial charge in [-0.3, -0.25) is 0 Å². The summed E-state index contributed by atoms with van der Waals surface area (Å²) in [5.74, 6) is 0.476. The summed E-state index contributed by atoms with van der Waals surface area (Å²) in [6.07, 6.45) is 0.604. The highest BCUT2D eigenvalue weighted by Gasteiger charge is 2.12. The highest BCUT2D eigenvalue weighted by molar-refractivity contribution is 6.30. The number of carbonyl (C=O) groups is 1. The average Bonchev–Trinajstić information content (AvgIpc) is 2.43. The normalized spacial score (nSPS) is 11.8. The topological polar surface area (TPSA) is 68.7 Å². The molecule has 110 valence electrons. The maximum absolute atomic E-state index is 10.7. The summed E-state index contributed by atoms with van der Waals surface area (Å²) < 4.78 is 10.9. The molecule has 0 aliphatic rings. The van der Waals surface area contributed by atoms with Crippen molar-refractivity contribution in [2.24, 2.45) is 0 Å². The Morgan fingerprint density at radius 2 is 1.90 bits per heavy atom. The number of carboxylic acids is 1. The molecule has 5 nitrogen and oxygen atoms in total. The van der Waals surface area contributed by atoms with Gasteiger partial charge in [-0.15, -0.1) is 0 Å². The Morgan fingerprint density at radius 1 is 1.29 bits per heavy atom. The minimum Gasteiger partial charge on any atom is -0.479 e. The molecule has 1 aromatic heterocycles. The summed E-state index contributed by atoms with van der Waals surface area (Å²) in [6, 6.07) is 8.40. The molecule has 0 amide bonds. The summed E-state index contributed by atoms with van der Waals surface area (Å²) in [7, 11) is 0. The van der Waals surface area contributed by atoms with Crippen molar-refractivity contribution in [3.63, 3.8) is 0 Å². The van der Waals surface area contributed by atoms with E-state index in [0.717, 1.165) is 5.56 Å². The van der Waals surface area contributed by atoms with E-state index in [1.54, 1.807) is 30.3 Å². The average molecular weight is 308 g/mol. The molecule has 0 aliphatic heterocycles. The molecule has 0 saturated heterocycles. The monoisotopic (exact) mass is 307 g/mol. The summed E-state index contributed by atoms with van der Waals surface area (Å²) in [4.78, 5) is 14.8. The van der Waals surface area contributed by atoms with Gasteiger partial charge in [-0.25, -0.2) is 9.78 Å². The van der Waals surface area contributed by atoms with Crippen LogP contribution < -0.4 is 9.47 Å². The first-order valence-corrected chi connectivity index (χ1v) is 6.63. The molecule has 1 atom stereocenters. The van der Waals surface area contributed by atoms with Crippen LogP contribution in [0.5, 0.6) is 17.4 Å². The van der Waals surface area contributed by atoms with Crippen molar-refractivity contribution in [2.45, 2.75) is 20.0 Å². The molecular formula is C15H14ClNO4. The third-order valence-corrected chi connectivity index (χ3v) is 2.90. The molecule has 1 heterocycles. The first kappa shape index (κ1) is 15.1. The van der Waals surface area contributed by atoms with Crippen LogP contribution in [0.1, 0.15) is 12.5 Å². The van der Waals surface area contributed by atoms with E-state index < -0.39 is 12.1 Å². The van der Waals surface area contributed by atoms with Gasteiger partial charge in [0.1, 0.15) is 11.5 Å². The minimum absolute atomic E-state index is 0.457. The SMILES string of the molecule is Cc1cc(Cl)cnc1Oc1ccc(OC(C)C(=O)O)cc1. The minimum atomic E-state index is -1.02. The van der Waals surface area contributed by atoms with E-state index in [0.29, 0.717) is 22.4 Å². The Bertz CT molecular complexity index is 643. The van der Waals surface area contributed by atoms with Gasteiger partial charge in [0.2, 0.25) is 5.88 Å². The van der Waals surface area contributed by atoms with E-state index in [2.05, 4.69) is 4.98 Å². The number of hydrogen-bond donors (Lipinski definition) is 1. The lowest BCUT2D eigenvalue weighted by Crippen LogP contribution is -2.22. The van der Waals surface area contributed by atoms with Crippen LogP contribution in [0.2, 0.25) is 5.02 Å². The van der Waals surface area contributed by atoms with Crippen LogP contribution in [0, 0.1) is 6.92 Å². The van der Waals surface area contributed by atoms with Gasteiger partial charge in [0.15, 0.2) is 6.10 Å². The third-order valence-electron chi connectivity index (χ3n) is 2.70. The van der Waals surface area contributed by atoms with Crippen molar-refractivity contribution in [1.29, 1.82) is 0 Å². The van der Waals surface area contributed by atoms with Gasteiger partial charge in [-0.2, -0.15) is 0 Å². The Balaban J connectivity index is 2.07. The number of nitrogens with zero attached hydrogens (tertiary/aromatic N) is 1. The third kappa shape index (κ3) is 4.10. The predicted octanol–water partition coefficient (Wildman–Crippen LogP) is 3.69. The van der Waals surface area contributed by atoms with E-state index in [9.17, 15) is 4.79 Å². The number of benzene rings is 1. The second-order valence-electron chi connectivity index (χ2n) is 4.45. The summed E-state index contributed by atoms with van der Waals surface area (Å²) in [6.45, 7) is 3.31. The van der Waals surface area contributed by atoms with Gasteiger partial charge in [0.05, 0.1) is 5.02 Å². The van der Waals surface area contributed by atoms with E-state index in [4.69, 9.17) is 26.2 Å². The molecular weight excluding hydrogens is 294 g/mol. The lowest BCUT2D eigenvalue weighted by Gasteiger charge is -2.11. The predicted molar refractivity (Wildman–Crippen MR) is 78.2 cm³/mol. The fourth-order valence-electron chi connectivity index (χ4n) is 1.59. The van der Waals surface area contributed by atoms with E-state index in [1.807, 2.05) is 6.92 Å². The van der Waals surface area contributed by atoms with Crippen LogP contribution in [0.25, 0.3) is 0 Å². The largest absolute Gasteiger partial charge is 0.479 e. The highest BCUT2D eigenvalue weighted by atomic mass is 35.5. The molecule has 0 aliphatic carbocycles. The zero-order chi connectivity index (χ0) is 15.4. The van der Waals surface area contributed by atoms with Gasteiger partial charge >= 0.3 is 5.97 Å². The van der Waals surface area contributed by atoms with Crippen LogP contribution in [-0.4, -0.2) is 22.2 Å². The van der Waals surface area contributed by atoms with E-state index >= 15 is 0 Å². The molecule has 0 bridgehead atoms. The maximum Gasteiger partial charge on any atom is 0.344 e. The van der Waals surface area contributed by atoms with Crippen molar-refractivity contribution in [3.8, 4) is 17.4 Å². The van der Waals surface area contributed by atoms with Crippen molar-refractivity contribution < 1.29 is 19.4 Å². The second kappa shape index (κ2) is 6.45. The maximum atomic E-state index is 10.7. The van der Waals surface area contributed by atoms with Crippen LogP contribution >= 0.6 is 11.6 Å². The fraction of sp³-hybridized carbons (Fsp3) is 0.200. The molecule has 0 fully saturated rings. The zero-order valence-corrected chi connectivity index (χ0v) is 12.3. The first-order chi connectivity index (χ1) is 9.95. The van der Waals surface area contributed by atoms with Crippen molar-refractivity contribution >= 4 is 17.6 Å². The number of aryl methyl sites for hydroxylation is 1. The summed E-state index contributed by atoms with van der Waals surface area (Å²) >= 11 is 5.83. The van der Waals surface area contributed by atoms with Gasteiger partial charge < -0.3 is 14.6 Å². The Kier molecular flexibility index (Phi) is 4.65. The number of rotatable bonds is 5. The molecule has 0 saturated carbocycles. The zero-order valence-electron chi connectivity index (χ0n) is 11.5. The number of aromatic nitrogens is 1. The smallest absolute Gasteiger partial charge is 0.344 e. The molecule has 1 unspecified atom stereocenters. The number of hydrogen-bond acceptors (Lipinski definition) is 4. The standard InChI is InChI=1S/C15H14ClNO4/c1-9-7-11(16)8-17-14(9)21-13-5-3-12(4-6-13)20-10(2)15(18)19/h3-8,10H,1-2H3,(H,18,19). The highest BCUT2D eigenvalue weighted by Crippen LogP contribution is 2.26. The lowest BCUT2D eigenvalue weighted by molar-refractivity contribution is -0.144. The molecule has 0 spiro atoms. The summed E-state index contributed by atoms with van der Waals surface area (Å²) in [5.41, 5.74) is 0.822. The molecule has 6 heteroatoms. The Labute approximate surface area is 127 Å². The molecule has 1 N–H and O–H groups in total. The lowest BCUT2D eigenvalue weighted by atomic mass is 10.3. The molecule has 0 radical (unpaired) electrons. The van der Waals surface area contributed by atoms with E-state index in [-0.39, 0.29) is 0 Å². The van der Waals surface area contributed by atoms with Crippen LogP contribution in [0.15, 0.2) is 36.5 Å².